The molecule has 198 valence electrons. The average molecular weight is 503 g/mol. The summed E-state index contributed by atoms with van der Waals surface area (Å²) in [5.74, 6) is 0.344. The second-order valence-corrected chi connectivity index (χ2v) is 9.60. The molecule has 8 nitrogen and oxygen atoms in total. The number of hydrogen-bond donors (Lipinski definition) is 0. The third-order valence-corrected chi connectivity index (χ3v) is 5.53. The molecule has 2 rings (SSSR count). The molecule has 2 atom stereocenters. The zero-order valence-corrected chi connectivity index (χ0v) is 22.7. The fourth-order valence-corrected chi connectivity index (χ4v) is 3.84. The Labute approximate surface area is 213 Å². The first kappa shape index (κ1) is 28.8. The Morgan fingerprint density at radius 3 is 1.44 bits per heavy atom. The highest BCUT2D eigenvalue weighted by atomic mass is 16.6. The highest BCUT2D eigenvalue weighted by Gasteiger charge is 2.30. The molecule has 0 aliphatic rings. The number of methoxy groups -OCH3 is 4. The van der Waals surface area contributed by atoms with Crippen LogP contribution in [0.3, 0.4) is 0 Å². The number of ether oxygens (including phenoxy) is 6. The Morgan fingerprint density at radius 2 is 1.11 bits per heavy atom. The van der Waals surface area contributed by atoms with Crippen molar-refractivity contribution in [2.24, 2.45) is 5.92 Å². The lowest BCUT2D eigenvalue weighted by Gasteiger charge is -2.27. The maximum Gasteiger partial charge on any atom is 0.309 e. The summed E-state index contributed by atoms with van der Waals surface area (Å²) in [6.07, 6.45) is -0.694. The summed E-state index contributed by atoms with van der Waals surface area (Å²) in [7, 11) is 6.29. The normalized spacial score (nSPS) is 12.9. The SMILES string of the molecule is COc1cc(OC)cc(C(c2cc(OC)cc(OC)c2)[C@H](C)OC(=O)[C@H](C)CC(=O)OC(C)(C)C)c1. The van der Waals surface area contributed by atoms with Crippen molar-refractivity contribution in [1.29, 1.82) is 0 Å². The van der Waals surface area contributed by atoms with Gasteiger partial charge in [-0.05, 0) is 63.1 Å². The summed E-state index contributed by atoms with van der Waals surface area (Å²) in [4.78, 5) is 25.2. The van der Waals surface area contributed by atoms with Gasteiger partial charge in [0, 0.05) is 18.1 Å². The molecule has 0 radical (unpaired) electrons. The number of benzene rings is 2. The maximum atomic E-state index is 13.0. The number of esters is 2. The highest BCUT2D eigenvalue weighted by molar-refractivity contribution is 5.80. The largest absolute Gasteiger partial charge is 0.497 e. The first-order valence-electron chi connectivity index (χ1n) is 11.8. The Balaban J connectivity index is 2.43. The van der Waals surface area contributed by atoms with E-state index in [1.807, 2.05) is 24.3 Å². The third-order valence-electron chi connectivity index (χ3n) is 5.53. The van der Waals surface area contributed by atoms with Crippen LogP contribution in [0.15, 0.2) is 36.4 Å². The molecule has 0 saturated heterocycles. The molecule has 0 bridgehead atoms. The van der Waals surface area contributed by atoms with E-state index in [4.69, 9.17) is 28.4 Å². The van der Waals surface area contributed by atoms with Gasteiger partial charge in [-0.15, -0.1) is 0 Å². The van der Waals surface area contributed by atoms with Gasteiger partial charge in [0.25, 0.3) is 0 Å². The smallest absolute Gasteiger partial charge is 0.309 e. The summed E-state index contributed by atoms with van der Waals surface area (Å²) in [5, 5.41) is 0. The Hall–Kier alpha value is -3.42. The van der Waals surface area contributed by atoms with Crippen LogP contribution < -0.4 is 18.9 Å². The van der Waals surface area contributed by atoms with E-state index in [1.54, 1.807) is 75.2 Å². The van der Waals surface area contributed by atoms with Crippen LogP contribution in [0.25, 0.3) is 0 Å². The van der Waals surface area contributed by atoms with Gasteiger partial charge >= 0.3 is 11.9 Å². The molecule has 0 aliphatic heterocycles. The predicted molar refractivity (Wildman–Crippen MR) is 136 cm³/mol. The lowest BCUT2D eigenvalue weighted by molar-refractivity contribution is -0.163. The van der Waals surface area contributed by atoms with Crippen LogP contribution >= 0.6 is 0 Å². The first-order valence-corrected chi connectivity index (χ1v) is 11.8. The summed E-state index contributed by atoms with van der Waals surface area (Å²) in [6.45, 7) is 8.81. The van der Waals surface area contributed by atoms with E-state index in [-0.39, 0.29) is 6.42 Å². The molecule has 0 N–H and O–H groups in total. The van der Waals surface area contributed by atoms with Crippen LogP contribution in [0.5, 0.6) is 23.0 Å². The van der Waals surface area contributed by atoms with Crippen molar-refractivity contribution in [1.82, 2.24) is 0 Å². The minimum Gasteiger partial charge on any atom is -0.497 e. The molecule has 2 aromatic carbocycles. The maximum absolute atomic E-state index is 13.0. The molecule has 0 fully saturated rings. The number of hydrogen-bond acceptors (Lipinski definition) is 8. The molecule has 8 heteroatoms. The molecular weight excluding hydrogens is 464 g/mol. The van der Waals surface area contributed by atoms with Crippen LogP contribution in [-0.4, -0.2) is 52.1 Å². The monoisotopic (exact) mass is 502 g/mol. The minimum atomic E-state index is -0.678. The van der Waals surface area contributed by atoms with E-state index in [9.17, 15) is 9.59 Å². The predicted octanol–water partition coefficient (Wildman–Crippen LogP) is 5.15. The minimum absolute atomic E-state index is 0.0759. The summed E-state index contributed by atoms with van der Waals surface area (Å²) >= 11 is 0. The van der Waals surface area contributed by atoms with Gasteiger partial charge < -0.3 is 28.4 Å². The van der Waals surface area contributed by atoms with Crippen LogP contribution in [0.1, 0.15) is 58.1 Å². The van der Waals surface area contributed by atoms with Crippen molar-refractivity contribution >= 4 is 11.9 Å². The summed E-state index contributed by atoms with van der Waals surface area (Å²) < 4.78 is 33.1. The first-order chi connectivity index (χ1) is 16.9. The molecule has 0 aromatic heterocycles. The standard InChI is InChI=1S/C28H38O8/c1-17(10-25(29)36-28(3,4)5)27(30)35-18(2)26(19-11-21(31-6)15-22(12-19)32-7)20-13-23(33-8)16-24(14-20)34-9/h11-18,26H,10H2,1-9H3/t17-,18+/m1/s1. The van der Waals surface area contributed by atoms with E-state index in [0.717, 1.165) is 11.1 Å². The molecule has 0 aliphatic carbocycles. The van der Waals surface area contributed by atoms with Crippen molar-refractivity contribution < 1.29 is 38.0 Å². The van der Waals surface area contributed by atoms with E-state index >= 15 is 0 Å². The van der Waals surface area contributed by atoms with Gasteiger partial charge in [-0.1, -0.05) is 6.92 Å². The number of rotatable bonds is 11. The molecular formula is C28H38O8. The van der Waals surface area contributed by atoms with Crippen molar-refractivity contribution in [3.8, 4) is 23.0 Å². The molecule has 36 heavy (non-hydrogen) atoms. The fraction of sp³-hybridized carbons (Fsp3) is 0.500. The second kappa shape index (κ2) is 12.5. The van der Waals surface area contributed by atoms with E-state index in [1.165, 1.54) is 0 Å². The van der Waals surface area contributed by atoms with Crippen LogP contribution in [0.2, 0.25) is 0 Å². The van der Waals surface area contributed by atoms with Gasteiger partial charge in [-0.3, -0.25) is 9.59 Å². The van der Waals surface area contributed by atoms with Gasteiger partial charge in [-0.25, -0.2) is 0 Å². The van der Waals surface area contributed by atoms with Crippen molar-refractivity contribution in [2.45, 2.75) is 58.7 Å². The van der Waals surface area contributed by atoms with Gasteiger partial charge in [0.05, 0.1) is 40.8 Å². The molecule has 2 aromatic rings. The topological polar surface area (TPSA) is 89.5 Å². The Bertz CT molecular complexity index is 940. The lowest BCUT2D eigenvalue weighted by Crippen LogP contribution is -2.30. The zero-order valence-electron chi connectivity index (χ0n) is 22.7. The molecule has 0 amide bonds. The van der Waals surface area contributed by atoms with E-state index < -0.39 is 35.5 Å². The van der Waals surface area contributed by atoms with Crippen LogP contribution in [0.4, 0.5) is 0 Å². The molecule has 0 unspecified atom stereocenters. The lowest BCUT2D eigenvalue weighted by atomic mass is 9.86. The van der Waals surface area contributed by atoms with E-state index in [2.05, 4.69) is 0 Å². The van der Waals surface area contributed by atoms with Crippen molar-refractivity contribution in [2.75, 3.05) is 28.4 Å². The van der Waals surface area contributed by atoms with Gasteiger partial charge in [0.2, 0.25) is 0 Å². The van der Waals surface area contributed by atoms with Gasteiger partial charge in [0.1, 0.15) is 34.7 Å². The Kier molecular flexibility index (Phi) is 10.0. The third kappa shape index (κ3) is 8.07. The fourth-order valence-electron chi connectivity index (χ4n) is 3.84. The highest BCUT2D eigenvalue weighted by Crippen LogP contribution is 2.38. The average Bonchev–Trinajstić information content (AvgIpc) is 2.82. The molecule has 0 heterocycles. The number of carbonyl (C=O) groups excluding carboxylic acids is 2. The van der Waals surface area contributed by atoms with Gasteiger partial charge in [0.15, 0.2) is 0 Å². The van der Waals surface area contributed by atoms with Crippen molar-refractivity contribution in [3.05, 3.63) is 47.5 Å². The molecule has 0 saturated carbocycles. The van der Waals surface area contributed by atoms with Crippen molar-refractivity contribution in [3.63, 3.8) is 0 Å². The van der Waals surface area contributed by atoms with Crippen LogP contribution in [0, 0.1) is 5.92 Å². The molecule has 0 spiro atoms. The van der Waals surface area contributed by atoms with Gasteiger partial charge in [-0.2, -0.15) is 0 Å². The van der Waals surface area contributed by atoms with Crippen LogP contribution in [-0.2, 0) is 19.1 Å². The van der Waals surface area contributed by atoms with E-state index in [0.29, 0.717) is 23.0 Å². The number of carbonyl (C=O) groups is 2. The quantitative estimate of drug-likeness (QED) is 0.390. The summed E-state index contributed by atoms with van der Waals surface area (Å²) in [6, 6.07) is 11.0. The summed E-state index contributed by atoms with van der Waals surface area (Å²) in [5.41, 5.74) is 0.985. The second-order valence-electron chi connectivity index (χ2n) is 9.60. The zero-order chi connectivity index (χ0) is 27.0. The Morgan fingerprint density at radius 1 is 0.722 bits per heavy atom.